The van der Waals surface area contributed by atoms with Gasteiger partial charge in [-0.3, -0.25) is 5.32 Å². The normalized spacial score (nSPS) is 19.2. The van der Waals surface area contributed by atoms with Crippen LogP contribution in [0.1, 0.15) is 49.1 Å². The average molecular weight is 279 g/mol. The quantitative estimate of drug-likeness (QED) is 0.843. The molecule has 0 saturated heterocycles. The Morgan fingerprint density at radius 1 is 1.26 bits per heavy atom. The van der Waals surface area contributed by atoms with Crippen LogP contribution in [0.4, 0.5) is 9.93 Å². The van der Waals surface area contributed by atoms with Gasteiger partial charge in [-0.25, -0.2) is 9.78 Å². The summed E-state index contributed by atoms with van der Waals surface area (Å²) in [5.74, 6) is 0. The van der Waals surface area contributed by atoms with Crippen LogP contribution < -0.4 is 5.32 Å². The Morgan fingerprint density at radius 3 is 2.79 bits per heavy atom. The van der Waals surface area contributed by atoms with E-state index in [1.165, 1.54) is 36.3 Å². The molecule has 0 radical (unpaired) electrons. The molecule has 2 amide bonds. The van der Waals surface area contributed by atoms with Crippen molar-refractivity contribution in [1.29, 1.82) is 0 Å². The van der Waals surface area contributed by atoms with Crippen molar-refractivity contribution >= 4 is 22.5 Å². The second kappa shape index (κ2) is 5.49. The molecule has 3 rings (SSSR count). The van der Waals surface area contributed by atoms with Crippen LogP contribution in [0.5, 0.6) is 0 Å². The Kier molecular flexibility index (Phi) is 3.73. The second-order valence-corrected chi connectivity index (χ2v) is 6.66. The summed E-state index contributed by atoms with van der Waals surface area (Å²) in [6.45, 7) is 0. The Labute approximate surface area is 118 Å². The smallest absolute Gasteiger partial charge is 0.323 e. The maximum atomic E-state index is 12.1. The van der Waals surface area contributed by atoms with Crippen molar-refractivity contribution in [3.63, 3.8) is 0 Å². The van der Waals surface area contributed by atoms with Crippen molar-refractivity contribution in [2.24, 2.45) is 0 Å². The first-order valence-electron chi connectivity index (χ1n) is 7.26. The van der Waals surface area contributed by atoms with Gasteiger partial charge in [-0.2, -0.15) is 0 Å². The van der Waals surface area contributed by atoms with Gasteiger partial charge in [0, 0.05) is 18.0 Å². The zero-order valence-corrected chi connectivity index (χ0v) is 12.3. The number of carbonyl (C=O) groups is 1. The number of hydrogen-bond acceptors (Lipinski definition) is 3. The lowest BCUT2D eigenvalue weighted by molar-refractivity contribution is 0.169. The van der Waals surface area contributed by atoms with Crippen LogP contribution in [-0.2, 0) is 12.8 Å². The number of thiazole rings is 1. The van der Waals surface area contributed by atoms with Crippen LogP contribution >= 0.6 is 11.3 Å². The lowest BCUT2D eigenvalue weighted by Crippen LogP contribution is -2.43. The van der Waals surface area contributed by atoms with Crippen molar-refractivity contribution in [1.82, 2.24) is 9.88 Å². The summed E-state index contributed by atoms with van der Waals surface area (Å²) in [7, 11) is 1.89. The molecule has 4 nitrogen and oxygen atoms in total. The summed E-state index contributed by atoms with van der Waals surface area (Å²) in [4.78, 5) is 19.9. The molecule has 1 saturated carbocycles. The van der Waals surface area contributed by atoms with E-state index >= 15 is 0 Å². The van der Waals surface area contributed by atoms with Gasteiger partial charge in [-0.05, 0) is 44.9 Å². The summed E-state index contributed by atoms with van der Waals surface area (Å²) in [5.41, 5.74) is 1.21. The summed E-state index contributed by atoms with van der Waals surface area (Å²) < 4.78 is 0. The van der Waals surface area contributed by atoms with Crippen LogP contribution in [-0.4, -0.2) is 29.0 Å². The minimum absolute atomic E-state index is 0.00592. The molecule has 1 N–H and O–H groups in total. The van der Waals surface area contributed by atoms with E-state index in [9.17, 15) is 4.79 Å². The fourth-order valence-electron chi connectivity index (χ4n) is 2.70. The van der Waals surface area contributed by atoms with Crippen LogP contribution in [0.25, 0.3) is 0 Å². The van der Waals surface area contributed by atoms with E-state index in [4.69, 9.17) is 0 Å². The van der Waals surface area contributed by atoms with Gasteiger partial charge in [-0.1, -0.05) is 6.42 Å². The molecule has 1 aromatic rings. The van der Waals surface area contributed by atoms with Crippen molar-refractivity contribution in [3.8, 4) is 0 Å². The summed E-state index contributed by atoms with van der Waals surface area (Å²) in [6, 6.07) is 0.423. The van der Waals surface area contributed by atoms with E-state index in [-0.39, 0.29) is 6.03 Å². The number of urea groups is 1. The lowest BCUT2D eigenvalue weighted by Gasteiger charge is -2.34. The minimum Gasteiger partial charge on any atom is -0.325 e. The third kappa shape index (κ3) is 2.76. The van der Waals surface area contributed by atoms with Crippen molar-refractivity contribution in [2.75, 3.05) is 12.4 Å². The van der Waals surface area contributed by atoms with Crippen LogP contribution in [0.3, 0.4) is 0 Å². The van der Waals surface area contributed by atoms with E-state index in [2.05, 4.69) is 10.3 Å². The molecule has 0 aromatic carbocycles. The summed E-state index contributed by atoms with van der Waals surface area (Å²) in [6.07, 6.45) is 9.50. The highest BCUT2D eigenvalue weighted by atomic mass is 32.1. The second-order valence-electron chi connectivity index (χ2n) is 5.58. The molecule has 1 heterocycles. The first kappa shape index (κ1) is 12.9. The first-order valence-corrected chi connectivity index (χ1v) is 8.08. The van der Waals surface area contributed by atoms with Gasteiger partial charge in [0.25, 0.3) is 0 Å². The van der Waals surface area contributed by atoms with E-state index in [0.717, 1.165) is 30.8 Å². The Morgan fingerprint density at radius 2 is 2.05 bits per heavy atom. The van der Waals surface area contributed by atoms with Crippen LogP contribution in [0, 0.1) is 0 Å². The molecule has 0 unspecified atom stereocenters. The predicted octanol–water partition coefficient (Wildman–Crippen LogP) is 3.43. The van der Waals surface area contributed by atoms with Gasteiger partial charge in [0.1, 0.15) is 0 Å². The lowest BCUT2D eigenvalue weighted by atomic mass is 9.92. The molecule has 2 aliphatic carbocycles. The monoisotopic (exact) mass is 279 g/mol. The van der Waals surface area contributed by atoms with E-state index in [0.29, 0.717) is 6.04 Å². The molecule has 0 bridgehead atoms. The molecule has 0 atom stereocenters. The highest BCUT2D eigenvalue weighted by molar-refractivity contribution is 7.15. The van der Waals surface area contributed by atoms with Crippen molar-refractivity contribution in [3.05, 3.63) is 10.6 Å². The summed E-state index contributed by atoms with van der Waals surface area (Å²) >= 11 is 1.66. The largest absolute Gasteiger partial charge is 0.325 e. The van der Waals surface area contributed by atoms with Gasteiger partial charge in [-0.15, -0.1) is 11.3 Å². The van der Waals surface area contributed by atoms with Crippen LogP contribution in [0.15, 0.2) is 0 Å². The van der Waals surface area contributed by atoms with Gasteiger partial charge in [0.15, 0.2) is 5.13 Å². The molecule has 2 aliphatic rings. The number of nitrogens with one attached hydrogen (secondary N) is 1. The fourth-order valence-corrected chi connectivity index (χ4v) is 3.74. The molecule has 1 fully saturated rings. The van der Waals surface area contributed by atoms with E-state index in [1.54, 1.807) is 11.3 Å². The maximum absolute atomic E-state index is 12.1. The van der Waals surface area contributed by atoms with Gasteiger partial charge in [0.05, 0.1) is 5.69 Å². The predicted molar refractivity (Wildman–Crippen MR) is 77.8 cm³/mol. The molecule has 0 spiro atoms. The standard InChI is InChI=1S/C14H21N3OS/c1-17(10-6-5-7-10)14(18)16-13-15-11-8-3-2-4-9-12(11)19-13/h10H,2-9H2,1H3,(H,15,16,18). The Hall–Kier alpha value is -1.10. The number of rotatable bonds is 2. The SMILES string of the molecule is CN(C(=O)Nc1nc2c(s1)CCCCC2)C1CCC1. The third-order valence-electron chi connectivity index (χ3n) is 4.25. The number of hydrogen-bond donors (Lipinski definition) is 1. The van der Waals surface area contributed by atoms with Gasteiger partial charge in [0.2, 0.25) is 0 Å². The van der Waals surface area contributed by atoms with Crippen molar-refractivity contribution < 1.29 is 4.79 Å². The van der Waals surface area contributed by atoms with Gasteiger partial charge >= 0.3 is 6.03 Å². The first-order chi connectivity index (χ1) is 9.24. The average Bonchev–Trinajstić information content (AvgIpc) is 2.56. The fraction of sp³-hybridized carbons (Fsp3) is 0.714. The zero-order chi connectivity index (χ0) is 13.2. The number of aryl methyl sites for hydroxylation is 2. The number of amides is 2. The molecule has 1 aromatic heterocycles. The minimum atomic E-state index is -0.00592. The molecular weight excluding hydrogens is 258 g/mol. The molecular formula is C14H21N3OS. The number of anilines is 1. The Balaban J connectivity index is 1.64. The number of fused-ring (bicyclic) bond motifs is 1. The molecule has 5 heteroatoms. The van der Waals surface area contributed by atoms with Crippen LogP contribution in [0.2, 0.25) is 0 Å². The van der Waals surface area contributed by atoms with Crippen molar-refractivity contribution in [2.45, 2.75) is 57.4 Å². The topological polar surface area (TPSA) is 45.2 Å². The summed E-state index contributed by atoms with van der Waals surface area (Å²) in [5, 5.41) is 3.74. The number of nitrogens with zero attached hydrogens (tertiary/aromatic N) is 2. The van der Waals surface area contributed by atoms with E-state index in [1.807, 2.05) is 11.9 Å². The highest BCUT2D eigenvalue weighted by Crippen LogP contribution is 2.29. The van der Waals surface area contributed by atoms with E-state index < -0.39 is 0 Å². The number of aromatic nitrogens is 1. The zero-order valence-electron chi connectivity index (χ0n) is 11.4. The number of carbonyl (C=O) groups excluding carboxylic acids is 1. The highest BCUT2D eigenvalue weighted by Gasteiger charge is 2.26. The Bertz CT molecular complexity index is 444. The van der Waals surface area contributed by atoms with Gasteiger partial charge < -0.3 is 4.90 Å². The third-order valence-corrected chi connectivity index (χ3v) is 5.33. The molecule has 19 heavy (non-hydrogen) atoms. The molecule has 0 aliphatic heterocycles. The maximum Gasteiger partial charge on any atom is 0.323 e. The molecule has 104 valence electrons.